The van der Waals surface area contributed by atoms with Crippen LogP contribution in [0.15, 0.2) is 47.3 Å². The molecule has 2 unspecified atom stereocenters. The highest BCUT2D eigenvalue weighted by Crippen LogP contribution is 2.49. The van der Waals surface area contributed by atoms with E-state index in [0.717, 1.165) is 42.6 Å². The molecule has 3 aliphatic rings. The molecule has 4 rings (SSSR count). The van der Waals surface area contributed by atoms with Crippen LogP contribution in [0.1, 0.15) is 71.3 Å². The third-order valence-electron chi connectivity index (χ3n) is 6.59. The number of rotatable bonds is 5. The first kappa shape index (κ1) is 21.7. The fraction of sp³-hybridized carbons (Fsp3) is 0.538. The average Bonchev–Trinajstić information content (AvgIpc) is 3.19. The Labute approximate surface area is 184 Å². The second kappa shape index (κ2) is 8.52. The molecule has 1 saturated carbocycles. The van der Waals surface area contributed by atoms with Gasteiger partial charge in [-0.15, -0.1) is 0 Å². The van der Waals surface area contributed by atoms with Crippen molar-refractivity contribution < 1.29 is 19.1 Å². The Balaban J connectivity index is 1.83. The van der Waals surface area contributed by atoms with Crippen LogP contribution in [-0.4, -0.2) is 24.5 Å². The molecule has 0 amide bonds. The zero-order chi connectivity index (χ0) is 22.2. The molecule has 1 aliphatic heterocycles. The predicted molar refractivity (Wildman–Crippen MR) is 120 cm³/mol. The van der Waals surface area contributed by atoms with Crippen LogP contribution in [0.2, 0.25) is 0 Å². The molecule has 1 N–H and O–H groups in total. The number of nitrogens with one attached hydrogen (secondary N) is 1. The summed E-state index contributed by atoms with van der Waals surface area (Å²) in [5.41, 5.74) is 2.84. The lowest BCUT2D eigenvalue weighted by Crippen LogP contribution is -2.44. The molecule has 166 valence electrons. The van der Waals surface area contributed by atoms with Crippen molar-refractivity contribution in [3.8, 4) is 5.75 Å². The number of Topliss-reactive ketones (excluding diaryl/α,β-unsaturated/α-hetero) is 1. The molecule has 1 aromatic rings. The van der Waals surface area contributed by atoms with E-state index in [4.69, 9.17) is 9.47 Å². The minimum Gasteiger partial charge on any atom is -0.494 e. The van der Waals surface area contributed by atoms with Crippen LogP contribution in [0, 0.1) is 11.3 Å². The van der Waals surface area contributed by atoms with Crippen LogP contribution in [0.4, 0.5) is 0 Å². The largest absolute Gasteiger partial charge is 0.494 e. The number of allylic oxidation sites excluding steroid dienone is 3. The van der Waals surface area contributed by atoms with Gasteiger partial charge >= 0.3 is 5.97 Å². The van der Waals surface area contributed by atoms with Gasteiger partial charge < -0.3 is 14.8 Å². The highest BCUT2D eigenvalue weighted by atomic mass is 16.5. The molecule has 2 atom stereocenters. The smallest absolute Gasteiger partial charge is 0.336 e. The molecule has 0 bridgehead atoms. The van der Waals surface area contributed by atoms with Gasteiger partial charge in [0.2, 0.25) is 0 Å². The summed E-state index contributed by atoms with van der Waals surface area (Å²) < 4.78 is 11.8. The number of hydrogen-bond acceptors (Lipinski definition) is 5. The van der Waals surface area contributed by atoms with Crippen LogP contribution in [0.5, 0.6) is 5.75 Å². The van der Waals surface area contributed by atoms with Crippen LogP contribution in [0.25, 0.3) is 0 Å². The average molecular weight is 424 g/mol. The van der Waals surface area contributed by atoms with Crippen molar-refractivity contribution in [2.24, 2.45) is 11.3 Å². The maximum atomic E-state index is 13.4. The summed E-state index contributed by atoms with van der Waals surface area (Å²) in [6.07, 6.45) is 6.56. The van der Waals surface area contributed by atoms with Gasteiger partial charge in [-0.05, 0) is 51.0 Å². The van der Waals surface area contributed by atoms with Gasteiger partial charge in [0.25, 0.3) is 0 Å². The van der Waals surface area contributed by atoms with Crippen molar-refractivity contribution in [1.29, 1.82) is 0 Å². The lowest BCUT2D eigenvalue weighted by molar-refractivity contribution is -0.144. The Morgan fingerprint density at radius 3 is 2.58 bits per heavy atom. The van der Waals surface area contributed by atoms with E-state index in [2.05, 4.69) is 25.2 Å². The quantitative estimate of drug-likeness (QED) is 0.673. The molecule has 1 fully saturated rings. The highest BCUT2D eigenvalue weighted by molar-refractivity contribution is 5.96. The van der Waals surface area contributed by atoms with E-state index in [1.807, 2.05) is 38.1 Å². The number of ether oxygens (including phenoxy) is 2. The van der Waals surface area contributed by atoms with Crippen molar-refractivity contribution in [1.82, 2.24) is 5.32 Å². The van der Waals surface area contributed by atoms with Gasteiger partial charge in [-0.3, -0.25) is 4.79 Å². The molecule has 31 heavy (non-hydrogen) atoms. The molecule has 5 nitrogen and oxygen atoms in total. The molecule has 0 radical (unpaired) electrons. The molecule has 0 aromatic heterocycles. The van der Waals surface area contributed by atoms with Crippen molar-refractivity contribution in [3.63, 3.8) is 0 Å². The van der Waals surface area contributed by atoms with Crippen molar-refractivity contribution in [3.05, 3.63) is 52.9 Å². The van der Waals surface area contributed by atoms with Crippen LogP contribution in [0.3, 0.4) is 0 Å². The molecular formula is C26H33NO4. The van der Waals surface area contributed by atoms with Crippen molar-refractivity contribution in [2.45, 2.75) is 71.8 Å². The van der Waals surface area contributed by atoms with E-state index >= 15 is 0 Å². The maximum absolute atomic E-state index is 13.4. The van der Waals surface area contributed by atoms with E-state index in [1.165, 1.54) is 0 Å². The summed E-state index contributed by atoms with van der Waals surface area (Å²) in [6, 6.07) is 7.75. The normalized spacial score (nSPS) is 25.5. The Kier molecular flexibility index (Phi) is 5.96. The van der Waals surface area contributed by atoms with Crippen molar-refractivity contribution in [2.75, 3.05) is 6.61 Å². The van der Waals surface area contributed by atoms with Gasteiger partial charge in [0, 0.05) is 29.3 Å². The summed E-state index contributed by atoms with van der Waals surface area (Å²) in [4.78, 5) is 26.9. The second-order valence-corrected chi connectivity index (χ2v) is 9.63. The molecule has 2 aliphatic carbocycles. The fourth-order valence-electron chi connectivity index (χ4n) is 5.32. The van der Waals surface area contributed by atoms with Crippen LogP contribution in [-0.2, 0) is 14.3 Å². The third kappa shape index (κ3) is 4.28. The molecule has 5 heteroatoms. The summed E-state index contributed by atoms with van der Waals surface area (Å²) in [5.74, 6) is -0.320. The summed E-state index contributed by atoms with van der Waals surface area (Å²) in [7, 11) is 0. The monoisotopic (exact) mass is 423 g/mol. The van der Waals surface area contributed by atoms with E-state index in [-0.39, 0.29) is 23.3 Å². The molecule has 0 saturated heterocycles. The van der Waals surface area contributed by atoms with E-state index in [9.17, 15) is 9.59 Å². The maximum Gasteiger partial charge on any atom is 0.336 e. The van der Waals surface area contributed by atoms with Gasteiger partial charge in [0.05, 0.1) is 18.1 Å². The Bertz CT molecular complexity index is 936. The van der Waals surface area contributed by atoms with Gasteiger partial charge in [-0.1, -0.05) is 38.1 Å². The third-order valence-corrected chi connectivity index (χ3v) is 6.59. The highest BCUT2D eigenvalue weighted by Gasteiger charge is 2.47. The number of benzene rings is 1. The first-order valence-electron chi connectivity index (χ1n) is 11.5. The van der Waals surface area contributed by atoms with Gasteiger partial charge in [0.15, 0.2) is 0 Å². The predicted octanol–water partition coefficient (Wildman–Crippen LogP) is 5.03. The number of hydrogen-bond donors (Lipinski definition) is 1. The fourth-order valence-corrected chi connectivity index (χ4v) is 5.32. The summed E-state index contributed by atoms with van der Waals surface area (Å²) in [6.45, 7) is 8.50. The van der Waals surface area contributed by atoms with E-state index in [1.54, 1.807) is 0 Å². The van der Waals surface area contributed by atoms with Gasteiger partial charge in [0.1, 0.15) is 17.6 Å². The first-order chi connectivity index (χ1) is 14.8. The molecular weight excluding hydrogens is 390 g/mol. The SMILES string of the molecule is CCOc1ccccc1C1C(C(=O)OC2CCCC2)=C(C)NC2=CC(C)(C)CC(=O)C21. The zero-order valence-electron chi connectivity index (χ0n) is 19.0. The lowest BCUT2D eigenvalue weighted by atomic mass is 9.66. The number of fused-ring (bicyclic) bond motifs is 1. The van der Waals surface area contributed by atoms with Crippen LogP contribution >= 0.6 is 0 Å². The standard InChI is InChI=1S/C26H33NO4/c1-5-30-21-13-9-8-12-18(21)23-22(25(29)31-17-10-6-7-11-17)16(2)27-19-14-26(3,4)15-20(28)24(19)23/h8-9,12-14,17,23-24,27H,5-7,10-11,15H2,1-4H3. The number of para-hydroxylation sites is 1. The van der Waals surface area contributed by atoms with E-state index < -0.39 is 11.8 Å². The van der Waals surface area contributed by atoms with Gasteiger partial charge in [-0.2, -0.15) is 0 Å². The number of carbonyl (C=O) groups excluding carboxylic acids is 2. The minimum atomic E-state index is -0.440. The molecule has 0 spiro atoms. The zero-order valence-corrected chi connectivity index (χ0v) is 19.0. The number of carbonyl (C=O) groups is 2. The van der Waals surface area contributed by atoms with Gasteiger partial charge in [-0.25, -0.2) is 4.79 Å². The van der Waals surface area contributed by atoms with Crippen molar-refractivity contribution >= 4 is 11.8 Å². The number of ketones is 1. The Morgan fingerprint density at radius 2 is 1.87 bits per heavy atom. The van der Waals surface area contributed by atoms with Crippen LogP contribution < -0.4 is 10.1 Å². The topological polar surface area (TPSA) is 64.6 Å². The summed E-state index contributed by atoms with van der Waals surface area (Å²) in [5, 5.41) is 3.39. The second-order valence-electron chi connectivity index (χ2n) is 9.63. The lowest BCUT2D eigenvalue weighted by Gasteiger charge is -2.41. The first-order valence-corrected chi connectivity index (χ1v) is 11.5. The van der Waals surface area contributed by atoms with E-state index in [0.29, 0.717) is 24.4 Å². The summed E-state index contributed by atoms with van der Waals surface area (Å²) >= 11 is 0. The molecule has 1 heterocycles. The number of esters is 1. The minimum absolute atomic E-state index is 0.0338. The Morgan fingerprint density at radius 1 is 1.16 bits per heavy atom. The molecule has 1 aromatic carbocycles. The Hall–Kier alpha value is -2.56.